The largest absolute Gasteiger partial charge is 0.361 e. The Morgan fingerprint density at radius 3 is 2.38 bits per heavy atom. The average molecular weight is 357 g/mol. The normalized spacial score (nSPS) is 12.3. The molecule has 26 heavy (non-hydrogen) atoms. The molecule has 1 aromatic carbocycles. The molecule has 2 aromatic rings. The fourth-order valence-corrected chi connectivity index (χ4v) is 2.98. The fourth-order valence-electron chi connectivity index (χ4n) is 2.98. The van der Waals surface area contributed by atoms with Crippen LogP contribution < -0.4 is 10.6 Å². The third-order valence-corrected chi connectivity index (χ3v) is 4.91. The maximum Gasteiger partial charge on any atom is 0.191 e. The summed E-state index contributed by atoms with van der Waals surface area (Å²) < 4.78 is 5.21. The minimum absolute atomic E-state index is 0.0194. The lowest BCUT2D eigenvalue weighted by atomic mass is 9.84. The third kappa shape index (κ3) is 5.10. The van der Waals surface area contributed by atoms with Gasteiger partial charge in [-0.05, 0) is 37.8 Å². The van der Waals surface area contributed by atoms with Crippen molar-refractivity contribution < 1.29 is 4.52 Å². The molecule has 0 aliphatic rings. The van der Waals surface area contributed by atoms with Crippen LogP contribution in [0.4, 0.5) is 0 Å². The van der Waals surface area contributed by atoms with Gasteiger partial charge < -0.3 is 15.2 Å². The van der Waals surface area contributed by atoms with Crippen molar-refractivity contribution in [1.82, 2.24) is 15.8 Å². The van der Waals surface area contributed by atoms with Crippen molar-refractivity contribution in [3.63, 3.8) is 0 Å². The van der Waals surface area contributed by atoms with E-state index in [1.807, 2.05) is 13.8 Å². The minimum atomic E-state index is 0.0194. The number of nitrogens with zero attached hydrogens (tertiary/aromatic N) is 2. The lowest BCUT2D eigenvalue weighted by Gasteiger charge is -2.27. The van der Waals surface area contributed by atoms with Gasteiger partial charge in [-0.1, -0.05) is 50.2 Å². The van der Waals surface area contributed by atoms with E-state index in [-0.39, 0.29) is 5.41 Å². The second kappa shape index (κ2) is 8.88. The van der Waals surface area contributed by atoms with Crippen molar-refractivity contribution in [3.8, 4) is 0 Å². The highest BCUT2D eigenvalue weighted by molar-refractivity contribution is 5.79. The predicted molar refractivity (Wildman–Crippen MR) is 108 cm³/mol. The first-order valence-electron chi connectivity index (χ1n) is 9.33. The Labute approximate surface area is 157 Å². The summed E-state index contributed by atoms with van der Waals surface area (Å²) in [5.74, 6) is 1.71. The molecule has 2 rings (SSSR count). The van der Waals surface area contributed by atoms with E-state index in [9.17, 15) is 0 Å². The van der Waals surface area contributed by atoms with Crippen LogP contribution >= 0.6 is 0 Å². The molecule has 5 heteroatoms. The summed E-state index contributed by atoms with van der Waals surface area (Å²) in [6, 6.07) is 8.89. The molecule has 0 saturated carbocycles. The van der Waals surface area contributed by atoms with E-state index < -0.39 is 0 Å². The summed E-state index contributed by atoms with van der Waals surface area (Å²) in [6.07, 6.45) is 1.93. The van der Waals surface area contributed by atoms with Crippen LogP contribution in [0.25, 0.3) is 0 Å². The molecule has 2 N–H and O–H groups in total. The highest BCUT2D eigenvalue weighted by Crippen LogP contribution is 2.22. The zero-order valence-electron chi connectivity index (χ0n) is 16.9. The molecule has 1 aromatic heterocycles. The zero-order valence-corrected chi connectivity index (χ0v) is 16.9. The van der Waals surface area contributed by atoms with Gasteiger partial charge in [-0.25, -0.2) is 0 Å². The Balaban J connectivity index is 1.87. The monoisotopic (exact) mass is 356 g/mol. The molecule has 0 spiro atoms. The van der Waals surface area contributed by atoms with Crippen LogP contribution in [0.3, 0.4) is 0 Å². The number of hydrogen-bond acceptors (Lipinski definition) is 3. The standard InChI is InChI=1S/C21H32N4O/c1-7-17-8-10-18(11-9-17)21(4,5)14-24-20(22-6)23-13-12-19-15(2)25-26-16(19)3/h8-11H,7,12-14H2,1-6H3,(H2,22,23,24). The van der Waals surface area contributed by atoms with E-state index in [1.54, 1.807) is 7.05 Å². The van der Waals surface area contributed by atoms with Gasteiger partial charge in [0, 0.05) is 31.1 Å². The lowest BCUT2D eigenvalue weighted by molar-refractivity contribution is 0.392. The number of hydrogen-bond donors (Lipinski definition) is 2. The minimum Gasteiger partial charge on any atom is -0.361 e. The first-order chi connectivity index (χ1) is 12.4. The number of rotatable bonds is 7. The van der Waals surface area contributed by atoms with E-state index in [0.717, 1.165) is 43.3 Å². The van der Waals surface area contributed by atoms with Crippen LogP contribution in [0.5, 0.6) is 0 Å². The van der Waals surface area contributed by atoms with Gasteiger partial charge in [0.2, 0.25) is 0 Å². The van der Waals surface area contributed by atoms with Crippen LogP contribution in [-0.2, 0) is 18.3 Å². The third-order valence-electron chi connectivity index (χ3n) is 4.91. The first-order valence-corrected chi connectivity index (χ1v) is 9.33. The van der Waals surface area contributed by atoms with Crippen LogP contribution in [-0.4, -0.2) is 31.3 Å². The van der Waals surface area contributed by atoms with Crippen molar-refractivity contribution in [2.75, 3.05) is 20.1 Å². The van der Waals surface area contributed by atoms with Crippen molar-refractivity contribution in [2.24, 2.45) is 4.99 Å². The number of benzene rings is 1. The van der Waals surface area contributed by atoms with E-state index in [4.69, 9.17) is 4.52 Å². The van der Waals surface area contributed by atoms with Gasteiger partial charge in [-0.3, -0.25) is 4.99 Å². The molecule has 0 bridgehead atoms. The molecule has 0 aliphatic carbocycles. The van der Waals surface area contributed by atoms with Gasteiger partial charge >= 0.3 is 0 Å². The smallest absolute Gasteiger partial charge is 0.191 e. The van der Waals surface area contributed by atoms with Crippen molar-refractivity contribution in [2.45, 2.75) is 52.9 Å². The topological polar surface area (TPSA) is 62.5 Å². The number of aromatic nitrogens is 1. The molecule has 5 nitrogen and oxygen atoms in total. The number of nitrogens with one attached hydrogen (secondary N) is 2. The molecule has 0 aliphatic heterocycles. The van der Waals surface area contributed by atoms with Crippen molar-refractivity contribution >= 4 is 5.96 Å². The molecule has 0 saturated heterocycles. The Bertz CT molecular complexity index is 709. The molecular formula is C21H32N4O. The molecule has 0 atom stereocenters. The Morgan fingerprint density at radius 1 is 1.15 bits per heavy atom. The summed E-state index contributed by atoms with van der Waals surface area (Å²) in [4.78, 5) is 4.33. The summed E-state index contributed by atoms with van der Waals surface area (Å²) >= 11 is 0. The van der Waals surface area contributed by atoms with Gasteiger partial charge in [0.05, 0.1) is 5.69 Å². The molecular weight excluding hydrogens is 324 g/mol. The molecule has 0 fully saturated rings. The Kier molecular flexibility index (Phi) is 6.83. The van der Waals surface area contributed by atoms with Gasteiger partial charge in [0.1, 0.15) is 5.76 Å². The zero-order chi connectivity index (χ0) is 19.2. The Hall–Kier alpha value is -2.30. The maximum atomic E-state index is 5.21. The summed E-state index contributed by atoms with van der Waals surface area (Å²) in [6.45, 7) is 12.2. The van der Waals surface area contributed by atoms with Crippen LogP contribution in [0.1, 0.15) is 48.9 Å². The number of aliphatic imine (C=N–C) groups is 1. The molecule has 0 amide bonds. The second-order valence-corrected chi connectivity index (χ2v) is 7.34. The van der Waals surface area contributed by atoms with Crippen molar-refractivity contribution in [1.29, 1.82) is 0 Å². The fraction of sp³-hybridized carbons (Fsp3) is 0.524. The van der Waals surface area contributed by atoms with Crippen molar-refractivity contribution in [3.05, 3.63) is 52.4 Å². The maximum absolute atomic E-state index is 5.21. The summed E-state index contributed by atoms with van der Waals surface area (Å²) in [5, 5.41) is 10.8. The number of aryl methyl sites for hydroxylation is 3. The van der Waals surface area contributed by atoms with Crippen LogP contribution in [0, 0.1) is 13.8 Å². The summed E-state index contributed by atoms with van der Waals surface area (Å²) in [7, 11) is 1.80. The van der Waals surface area contributed by atoms with E-state index in [2.05, 4.69) is 65.8 Å². The quantitative estimate of drug-likeness (QED) is 0.588. The van der Waals surface area contributed by atoms with Crippen LogP contribution in [0.15, 0.2) is 33.8 Å². The number of guanidine groups is 1. The molecule has 142 valence electrons. The lowest BCUT2D eigenvalue weighted by Crippen LogP contribution is -2.44. The van der Waals surface area contributed by atoms with E-state index in [0.29, 0.717) is 0 Å². The highest BCUT2D eigenvalue weighted by Gasteiger charge is 2.21. The average Bonchev–Trinajstić information content (AvgIpc) is 2.96. The first kappa shape index (κ1) is 20.0. The molecule has 1 heterocycles. The summed E-state index contributed by atoms with van der Waals surface area (Å²) in [5.41, 5.74) is 4.85. The van der Waals surface area contributed by atoms with Gasteiger partial charge in [-0.2, -0.15) is 0 Å². The molecule has 0 radical (unpaired) electrons. The van der Waals surface area contributed by atoms with Gasteiger partial charge in [0.15, 0.2) is 5.96 Å². The van der Waals surface area contributed by atoms with Gasteiger partial charge in [-0.15, -0.1) is 0 Å². The predicted octanol–water partition coefficient (Wildman–Crippen LogP) is 3.54. The Morgan fingerprint density at radius 2 is 1.85 bits per heavy atom. The second-order valence-electron chi connectivity index (χ2n) is 7.34. The molecule has 0 unspecified atom stereocenters. The van der Waals surface area contributed by atoms with E-state index >= 15 is 0 Å². The van der Waals surface area contributed by atoms with Crippen LogP contribution in [0.2, 0.25) is 0 Å². The van der Waals surface area contributed by atoms with E-state index in [1.165, 1.54) is 16.7 Å². The van der Waals surface area contributed by atoms with Gasteiger partial charge in [0.25, 0.3) is 0 Å². The highest BCUT2D eigenvalue weighted by atomic mass is 16.5. The SMILES string of the molecule is CCc1ccc(C(C)(C)CNC(=NC)NCCc2c(C)noc2C)cc1.